The van der Waals surface area contributed by atoms with Crippen LogP contribution in [-0.2, 0) is 4.79 Å². The number of rotatable bonds is 6. The third-order valence-corrected chi connectivity index (χ3v) is 6.01. The molecule has 7 nitrogen and oxygen atoms in total. The molecule has 4 rings (SSSR count). The molecule has 4 aromatic rings. The standard InChI is InChI=1S/C20H18N6OS2/c1-13-12-28-19(22-13)23-18(27)14(2)29-20-25-24-17(15-8-10-21-11-9-15)26(20)16-6-4-3-5-7-16/h3-12,14H,1-2H3,(H,22,23,27)/t14-/m1/s1. The molecule has 3 aromatic heterocycles. The van der Waals surface area contributed by atoms with Gasteiger partial charge >= 0.3 is 0 Å². The van der Waals surface area contributed by atoms with Crippen molar-refractivity contribution in [3.8, 4) is 17.1 Å². The Morgan fingerprint density at radius 2 is 1.90 bits per heavy atom. The van der Waals surface area contributed by atoms with Crippen molar-refractivity contribution in [1.29, 1.82) is 0 Å². The Labute approximate surface area is 176 Å². The van der Waals surface area contributed by atoms with Crippen LogP contribution in [0.5, 0.6) is 0 Å². The number of thioether (sulfide) groups is 1. The second kappa shape index (κ2) is 8.54. The Morgan fingerprint density at radius 3 is 2.59 bits per heavy atom. The summed E-state index contributed by atoms with van der Waals surface area (Å²) in [6, 6.07) is 13.6. The minimum Gasteiger partial charge on any atom is -0.301 e. The van der Waals surface area contributed by atoms with Crippen molar-refractivity contribution in [2.45, 2.75) is 24.3 Å². The first-order valence-corrected chi connectivity index (χ1v) is 10.7. The smallest absolute Gasteiger partial charge is 0.239 e. The van der Waals surface area contributed by atoms with Crippen molar-refractivity contribution >= 4 is 34.1 Å². The molecule has 0 saturated heterocycles. The van der Waals surface area contributed by atoms with Crippen LogP contribution >= 0.6 is 23.1 Å². The Kier molecular flexibility index (Phi) is 5.68. The highest BCUT2D eigenvalue weighted by Gasteiger charge is 2.22. The summed E-state index contributed by atoms with van der Waals surface area (Å²) in [6.45, 7) is 3.74. The third-order valence-electron chi connectivity index (χ3n) is 4.09. The Balaban J connectivity index is 1.63. The number of hydrogen-bond acceptors (Lipinski definition) is 7. The molecule has 0 radical (unpaired) electrons. The van der Waals surface area contributed by atoms with Crippen molar-refractivity contribution in [2.75, 3.05) is 5.32 Å². The quantitative estimate of drug-likeness (QED) is 0.469. The van der Waals surface area contributed by atoms with Gasteiger partial charge in [0.2, 0.25) is 5.91 Å². The molecule has 3 heterocycles. The number of pyridine rings is 1. The first kappa shape index (κ1) is 19.3. The molecule has 0 saturated carbocycles. The fourth-order valence-electron chi connectivity index (χ4n) is 2.67. The molecule has 0 aliphatic rings. The third kappa shape index (κ3) is 4.36. The van der Waals surface area contributed by atoms with Gasteiger partial charge in [0.05, 0.1) is 10.9 Å². The summed E-state index contributed by atoms with van der Waals surface area (Å²) < 4.78 is 1.96. The summed E-state index contributed by atoms with van der Waals surface area (Å²) in [5, 5.41) is 14.4. The van der Waals surface area contributed by atoms with Crippen LogP contribution in [-0.4, -0.2) is 35.9 Å². The van der Waals surface area contributed by atoms with Gasteiger partial charge in [0.15, 0.2) is 16.1 Å². The number of aromatic nitrogens is 5. The average Bonchev–Trinajstić information content (AvgIpc) is 3.35. The van der Waals surface area contributed by atoms with E-state index in [0.717, 1.165) is 16.9 Å². The lowest BCUT2D eigenvalue weighted by Crippen LogP contribution is -2.22. The zero-order valence-corrected chi connectivity index (χ0v) is 17.4. The number of hydrogen-bond donors (Lipinski definition) is 1. The molecule has 0 aliphatic carbocycles. The molecular formula is C20H18N6OS2. The summed E-state index contributed by atoms with van der Waals surface area (Å²) in [5.74, 6) is 0.571. The normalized spacial score (nSPS) is 11.9. The monoisotopic (exact) mass is 422 g/mol. The number of anilines is 1. The minimum atomic E-state index is -0.379. The summed E-state index contributed by atoms with van der Waals surface area (Å²) in [5.41, 5.74) is 2.71. The molecule has 0 unspecified atom stereocenters. The van der Waals surface area contributed by atoms with Gasteiger partial charge in [-0.15, -0.1) is 21.5 Å². The number of para-hydroxylation sites is 1. The number of nitrogens with one attached hydrogen (secondary N) is 1. The number of benzene rings is 1. The van der Waals surface area contributed by atoms with Gasteiger partial charge in [0.1, 0.15) is 0 Å². The second-order valence-electron chi connectivity index (χ2n) is 6.26. The van der Waals surface area contributed by atoms with Crippen LogP contribution in [0.2, 0.25) is 0 Å². The fourth-order valence-corrected chi connectivity index (χ4v) is 4.23. The van der Waals surface area contributed by atoms with Gasteiger partial charge in [-0.3, -0.25) is 14.3 Å². The lowest BCUT2D eigenvalue weighted by atomic mass is 10.2. The summed E-state index contributed by atoms with van der Waals surface area (Å²) in [7, 11) is 0. The summed E-state index contributed by atoms with van der Waals surface area (Å²) in [6.07, 6.45) is 3.44. The number of carbonyl (C=O) groups excluding carboxylic acids is 1. The number of amides is 1. The van der Waals surface area contributed by atoms with Crippen molar-refractivity contribution in [1.82, 2.24) is 24.7 Å². The number of thiazole rings is 1. The number of nitrogens with zero attached hydrogens (tertiary/aromatic N) is 5. The van der Waals surface area contributed by atoms with Crippen LogP contribution in [0, 0.1) is 6.92 Å². The van der Waals surface area contributed by atoms with E-state index in [-0.39, 0.29) is 11.2 Å². The van der Waals surface area contributed by atoms with E-state index in [2.05, 4.69) is 25.5 Å². The second-order valence-corrected chi connectivity index (χ2v) is 8.42. The molecule has 9 heteroatoms. The van der Waals surface area contributed by atoms with Crippen molar-refractivity contribution in [3.63, 3.8) is 0 Å². The molecule has 1 amide bonds. The lowest BCUT2D eigenvalue weighted by Gasteiger charge is -2.13. The van der Waals surface area contributed by atoms with Crippen molar-refractivity contribution in [3.05, 3.63) is 65.9 Å². The van der Waals surface area contributed by atoms with Gasteiger partial charge in [0.25, 0.3) is 0 Å². The molecular weight excluding hydrogens is 404 g/mol. The van der Waals surface area contributed by atoms with E-state index in [9.17, 15) is 4.79 Å². The largest absolute Gasteiger partial charge is 0.301 e. The predicted octanol–water partition coefficient (Wildman–Crippen LogP) is 4.21. The zero-order chi connectivity index (χ0) is 20.2. The van der Waals surface area contributed by atoms with E-state index >= 15 is 0 Å². The zero-order valence-electron chi connectivity index (χ0n) is 15.8. The van der Waals surface area contributed by atoms with Crippen LogP contribution in [0.15, 0.2) is 65.4 Å². The van der Waals surface area contributed by atoms with E-state index in [4.69, 9.17) is 0 Å². The van der Waals surface area contributed by atoms with E-state index in [1.165, 1.54) is 23.1 Å². The fraction of sp³-hybridized carbons (Fsp3) is 0.150. The molecule has 0 fully saturated rings. The lowest BCUT2D eigenvalue weighted by molar-refractivity contribution is -0.115. The predicted molar refractivity (Wildman–Crippen MR) is 115 cm³/mol. The van der Waals surface area contributed by atoms with E-state index in [0.29, 0.717) is 16.1 Å². The van der Waals surface area contributed by atoms with Gasteiger partial charge in [-0.1, -0.05) is 30.0 Å². The summed E-state index contributed by atoms with van der Waals surface area (Å²) >= 11 is 2.76. The number of carbonyl (C=O) groups is 1. The van der Waals surface area contributed by atoms with E-state index < -0.39 is 0 Å². The highest BCUT2D eigenvalue weighted by atomic mass is 32.2. The summed E-state index contributed by atoms with van der Waals surface area (Å²) in [4.78, 5) is 21.0. The maximum absolute atomic E-state index is 12.6. The van der Waals surface area contributed by atoms with E-state index in [1.54, 1.807) is 12.4 Å². The highest BCUT2D eigenvalue weighted by molar-refractivity contribution is 8.00. The Morgan fingerprint density at radius 1 is 1.14 bits per heavy atom. The van der Waals surface area contributed by atoms with Crippen LogP contribution in [0.4, 0.5) is 5.13 Å². The molecule has 146 valence electrons. The van der Waals surface area contributed by atoms with Crippen LogP contribution in [0.3, 0.4) is 0 Å². The topological polar surface area (TPSA) is 85.6 Å². The molecule has 0 aliphatic heterocycles. The van der Waals surface area contributed by atoms with Gasteiger partial charge in [-0.05, 0) is 38.1 Å². The minimum absolute atomic E-state index is 0.127. The van der Waals surface area contributed by atoms with Crippen molar-refractivity contribution < 1.29 is 4.79 Å². The molecule has 0 bridgehead atoms. The maximum atomic E-state index is 12.6. The van der Waals surface area contributed by atoms with Crippen LogP contribution in [0.1, 0.15) is 12.6 Å². The van der Waals surface area contributed by atoms with Crippen LogP contribution < -0.4 is 5.32 Å². The van der Waals surface area contributed by atoms with E-state index in [1.807, 2.05) is 66.3 Å². The first-order chi connectivity index (χ1) is 14.1. The maximum Gasteiger partial charge on any atom is 0.239 e. The first-order valence-electron chi connectivity index (χ1n) is 8.92. The molecule has 29 heavy (non-hydrogen) atoms. The Hall–Kier alpha value is -3.04. The molecule has 1 atom stereocenters. The SMILES string of the molecule is Cc1csc(NC(=O)[C@@H](C)Sc2nnc(-c3ccncc3)n2-c2ccccc2)n1. The molecule has 0 spiro atoms. The average molecular weight is 423 g/mol. The highest BCUT2D eigenvalue weighted by Crippen LogP contribution is 2.30. The van der Waals surface area contributed by atoms with Gasteiger partial charge in [0, 0.05) is 29.0 Å². The van der Waals surface area contributed by atoms with Gasteiger partial charge in [-0.25, -0.2) is 4.98 Å². The van der Waals surface area contributed by atoms with Gasteiger partial charge in [-0.2, -0.15) is 0 Å². The Bertz CT molecular complexity index is 1110. The van der Waals surface area contributed by atoms with Crippen molar-refractivity contribution in [2.24, 2.45) is 0 Å². The van der Waals surface area contributed by atoms with Crippen LogP contribution in [0.25, 0.3) is 17.1 Å². The molecule has 1 aromatic carbocycles. The number of aryl methyl sites for hydroxylation is 1. The van der Waals surface area contributed by atoms with Gasteiger partial charge < -0.3 is 5.32 Å². The molecule has 1 N–H and O–H groups in total.